The number of nitrogens with one attached hydrogen (secondary N) is 1. The molecule has 1 fully saturated rings. The first-order valence-corrected chi connectivity index (χ1v) is 6.03. The summed E-state index contributed by atoms with van der Waals surface area (Å²) in [6.45, 7) is 0. The monoisotopic (exact) mass is 218 g/mol. The van der Waals surface area contributed by atoms with Crippen molar-refractivity contribution < 1.29 is 4.79 Å². The fraction of sp³-hybridized carbons (Fsp3) is 0.538. The number of pyridine rings is 1. The largest absolute Gasteiger partial charge is 0.353 e. The number of aryl methyl sites for hydroxylation is 1. The zero-order chi connectivity index (χ0) is 11.2. The number of carbonyl (C=O) groups excluding carboxylic acids is 1. The van der Waals surface area contributed by atoms with Gasteiger partial charge in [-0.3, -0.25) is 9.78 Å². The average Bonchev–Trinajstić information content (AvgIpc) is 2.81. The van der Waals surface area contributed by atoms with Crippen molar-refractivity contribution in [3.63, 3.8) is 0 Å². The molecule has 1 aliphatic rings. The Bertz CT molecular complexity index is 331. The molecule has 0 aliphatic heterocycles. The third kappa shape index (κ3) is 3.33. The second kappa shape index (κ2) is 5.64. The molecule has 16 heavy (non-hydrogen) atoms. The quantitative estimate of drug-likeness (QED) is 0.840. The van der Waals surface area contributed by atoms with E-state index in [2.05, 4.69) is 10.3 Å². The van der Waals surface area contributed by atoms with E-state index in [9.17, 15) is 4.79 Å². The molecule has 0 spiro atoms. The Morgan fingerprint density at radius 2 is 2.00 bits per heavy atom. The number of amides is 1. The first-order chi connectivity index (χ1) is 7.84. The summed E-state index contributed by atoms with van der Waals surface area (Å²) in [6, 6.07) is 4.36. The fourth-order valence-corrected chi connectivity index (χ4v) is 2.18. The van der Waals surface area contributed by atoms with Crippen LogP contribution in [0.3, 0.4) is 0 Å². The first-order valence-electron chi connectivity index (χ1n) is 6.03. The normalized spacial score (nSPS) is 16.2. The van der Waals surface area contributed by atoms with Crippen LogP contribution in [-0.4, -0.2) is 16.9 Å². The number of hydrogen-bond donors (Lipinski definition) is 1. The summed E-state index contributed by atoms with van der Waals surface area (Å²) in [6.07, 6.45) is 9.75. The molecule has 1 heterocycles. The molecule has 86 valence electrons. The predicted octanol–water partition coefficient (Wildman–Crippen LogP) is 2.07. The smallest absolute Gasteiger partial charge is 0.220 e. The molecular weight excluding hydrogens is 200 g/mol. The van der Waals surface area contributed by atoms with Gasteiger partial charge in [0.15, 0.2) is 0 Å². The Balaban J connectivity index is 1.71. The first kappa shape index (κ1) is 11.1. The molecule has 1 N–H and O–H groups in total. The average molecular weight is 218 g/mol. The summed E-state index contributed by atoms with van der Waals surface area (Å²) in [5.41, 5.74) is 1.18. The molecule has 0 atom stereocenters. The van der Waals surface area contributed by atoms with Gasteiger partial charge in [0.2, 0.25) is 5.91 Å². The van der Waals surface area contributed by atoms with Crippen molar-refractivity contribution in [2.75, 3.05) is 0 Å². The zero-order valence-corrected chi connectivity index (χ0v) is 9.48. The standard InChI is InChI=1S/C13H18N2O/c16-13(15-12-3-1-2-4-12)6-5-11-7-9-14-10-8-11/h7-10,12H,1-6H2,(H,15,16). The van der Waals surface area contributed by atoms with Gasteiger partial charge in [0.05, 0.1) is 0 Å². The van der Waals surface area contributed by atoms with E-state index in [1.807, 2.05) is 12.1 Å². The van der Waals surface area contributed by atoms with Crippen LogP contribution in [0, 0.1) is 0 Å². The van der Waals surface area contributed by atoms with Crippen molar-refractivity contribution >= 4 is 5.91 Å². The predicted molar refractivity (Wildman–Crippen MR) is 63.0 cm³/mol. The highest BCUT2D eigenvalue weighted by Crippen LogP contribution is 2.17. The molecule has 0 radical (unpaired) electrons. The zero-order valence-electron chi connectivity index (χ0n) is 9.48. The van der Waals surface area contributed by atoms with E-state index in [0.717, 1.165) is 19.3 Å². The minimum Gasteiger partial charge on any atom is -0.353 e. The van der Waals surface area contributed by atoms with Crippen LogP contribution in [0.25, 0.3) is 0 Å². The maximum atomic E-state index is 11.6. The summed E-state index contributed by atoms with van der Waals surface area (Å²) >= 11 is 0. The highest BCUT2D eigenvalue weighted by molar-refractivity contribution is 5.76. The van der Waals surface area contributed by atoms with Crippen LogP contribution in [0.5, 0.6) is 0 Å². The minimum atomic E-state index is 0.184. The molecule has 1 aliphatic carbocycles. The molecule has 1 aromatic heterocycles. The van der Waals surface area contributed by atoms with Crippen molar-refractivity contribution in [3.8, 4) is 0 Å². The summed E-state index contributed by atoms with van der Waals surface area (Å²) < 4.78 is 0. The Hall–Kier alpha value is -1.38. The van der Waals surface area contributed by atoms with Gasteiger partial charge < -0.3 is 5.32 Å². The lowest BCUT2D eigenvalue weighted by molar-refractivity contribution is -0.121. The molecule has 3 heteroatoms. The molecule has 3 nitrogen and oxygen atoms in total. The van der Waals surface area contributed by atoms with Gasteiger partial charge in [-0.05, 0) is 37.0 Å². The minimum absolute atomic E-state index is 0.184. The number of rotatable bonds is 4. The number of carbonyl (C=O) groups is 1. The van der Waals surface area contributed by atoms with Gasteiger partial charge in [-0.1, -0.05) is 12.8 Å². The maximum Gasteiger partial charge on any atom is 0.220 e. The lowest BCUT2D eigenvalue weighted by Crippen LogP contribution is -2.32. The fourth-order valence-electron chi connectivity index (χ4n) is 2.18. The Labute approximate surface area is 96.3 Å². The van der Waals surface area contributed by atoms with Crippen LogP contribution in [0.2, 0.25) is 0 Å². The molecule has 1 aromatic rings. The molecular formula is C13H18N2O. The highest BCUT2D eigenvalue weighted by Gasteiger charge is 2.16. The molecule has 1 amide bonds. The van der Waals surface area contributed by atoms with Gasteiger partial charge in [0, 0.05) is 24.9 Å². The van der Waals surface area contributed by atoms with Crippen molar-refractivity contribution in [3.05, 3.63) is 30.1 Å². The third-order valence-electron chi connectivity index (χ3n) is 3.11. The lowest BCUT2D eigenvalue weighted by atomic mass is 10.1. The van der Waals surface area contributed by atoms with Crippen LogP contribution < -0.4 is 5.32 Å². The van der Waals surface area contributed by atoms with Gasteiger partial charge in [-0.15, -0.1) is 0 Å². The third-order valence-corrected chi connectivity index (χ3v) is 3.11. The van der Waals surface area contributed by atoms with Crippen LogP contribution >= 0.6 is 0 Å². The Morgan fingerprint density at radius 3 is 2.69 bits per heavy atom. The van der Waals surface area contributed by atoms with Crippen molar-refractivity contribution in [2.45, 2.75) is 44.6 Å². The second-order valence-electron chi connectivity index (χ2n) is 4.40. The van der Waals surface area contributed by atoms with E-state index >= 15 is 0 Å². The van der Waals surface area contributed by atoms with Gasteiger partial charge in [-0.25, -0.2) is 0 Å². The molecule has 0 bridgehead atoms. The van der Waals surface area contributed by atoms with Crippen LogP contribution in [-0.2, 0) is 11.2 Å². The number of aromatic nitrogens is 1. The molecule has 0 aromatic carbocycles. The van der Waals surface area contributed by atoms with Crippen molar-refractivity contribution in [1.82, 2.24) is 10.3 Å². The van der Waals surface area contributed by atoms with E-state index in [4.69, 9.17) is 0 Å². The molecule has 2 rings (SSSR count). The number of nitrogens with zero attached hydrogens (tertiary/aromatic N) is 1. The van der Waals surface area contributed by atoms with Crippen molar-refractivity contribution in [2.24, 2.45) is 0 Å². The Morgan fingerprint density at radius 1 is 1.31 bits per heavy atom. The van der Waals surface area contributed by atoms with E-state index in [1.165, 1.54) is 18.4 Å². The van der Waals surface area contributed by atoms with E-state index < -0.39 is 0 Å². The van der Waals surface area contributed by atoms with Crippen molar-refractivity contribution in [1.29, 1.82) is 0 Å². The van der Waals surface area contributed by atoms with Gasteiger partial charge in [-0.2, -0.15) is 0 Å². The summed E-state index contributed by atoms with van der Waals surface area (Å²) in [7, 11) is 0. The Kier molecular flexibility index (Phi) is 3.91. The van der Waals surface area contributed by atoms with Crippen LogP contribution in [0.1, 0.15) is 37.7 Å². The topological polar surface area (TPSA) is 42.0 Å². The molecule has 0 saturated heterocycles. The van der Waals surface area contributed by atoms with Gasteiger partial charge >= 0.3 is 0 Å². The summed E-state index contributed by atoms with van der Waals surface area (Å²) in [5, 5.41) is 3.09. The van der Waals surface area contributed by atoms with E-state index in [1.54, 1.807) is 12.4 Å². The van der Waals surface area contributed by atoms with Gasteiger partial charge in [0.25, 0.3) is 0 Å². The highest BCUT2D eigenvalue weighted by atomic mass is 16.1. The second-order valence-corrected chi connectivity index (χ2v) is 4.40. The molecule has 0 unspecified atom stereocenters. The SMILES string of the molecule is O=C(CCc1ccncc1)NC1CCCC1. The van der Waals surface area contributed by atoms with Crippen LogP contribution in [0.4, 0.5) is 0 Å². The summed E-state index contributed by atoms with van der Waals surface area (Å²) in [4.78, 5) is 15.6. The van der Waals surface area contributed by atoms with E-state index in [-0.39, 0.29) is 5.91 Å². The number of hydrogen-bond acceptors (Lipinski definition) is 2. The van der Waals surface area contributed by atoms with E-state index in [0.29, 0.717) is 12.5 Å². The molecule has 1 saturated carbocycles. The van der Waals surface area contributed by atoms with Crippen LogP contribution in [0.15, 0.2) is 24.5 Å². The lowest BCUT2D eigenvalue weighted by Gasteiger charge is -2.11. The summed E-state index contributed by atoms with van der Waals surface area (Å²) in [5.74, 6) is 0.184. The van der Waals surface area contributed by atoms with Gasteiger partial charge in [0.1, 0.15) is 0 Å². The maximum absolute atomic E-state index is 11.6.